The summed E-state index contributed by atoms with van der Waals surface area (Å²) < 4.78 is 5.68. The first-order chi connectivity index (χ1) is 7.65. The Morgan fingerprint density at radius 2 is 2.00 bits per heavy atom. The summed E-state index contributed by atoms with van der Waals surface area (Å²) >= 11 is 0. The fourth-order valence-corrected chi connectivity index (χ4v) is 2.13. The lowest BCUT2D eigenvalue weighted by Crippen LogP contribution is -2.47. The lowest BCUT2D eigenvalue weighted by atomic mass is 9.90. The average Bonchev–Trinajstić information content (AvgIpc) is 2.35. The average molecular weight is 265 g/mol. The zero-order valence-electron chi connectivity index (χ0n) is 10.8. The molecule has 0 radical (unpaired) electrons. The standard InChI is InChI=1S/C12H24N2O2.ClH/c1-9(11(13)12(15)14-2)16-8-10-6-4-3-5-7-10;/h9-11H,3-8,13H2,1-2H3,(H,14,15);1H/t9-,11+;/m1./s1. The van der Waals surface area contributed by atoms with Gasteiger partial charge in [-0.25, -0.2) is 0 Å². The Morgan fingerprint density at radius 3 is 2.53 bits per heavy atom. The van der Waals surface area contributed by atoms with E-state index in [1.165, 1.54) is 32.1 Å². The quantitative estimate of drug-likeness (QED) is 0.790. The zero-order valence-corrected chi connectivity index (χ0v) is 11.6. The van der Waals surface area contributed by atoms with E-state index in [2.05, 4.69) is 5.32 Å². The van der Waals surface area contributed by atoms with E-state index in [1.54, 1.807) is 7.05 Å². The Kier molecular flexibility index (Phi) is 8.56. The molecule has 102 valence electrons. The largest absolute Gasteiger partial charge is 0.376 e. The molecule has 0 spiro atoms. The van der Waals surface area contributed by atoms with Gasteiger partial charge in [0.05, 0.1) is 6.10 Å². The van der Waals surface area contributed by atoms with Gasteiger partial charge in [-0.2, -0.15) is 0 Å². The van der Waals surface area contributed by atoms with E-state index in [4.69, 9.17) is 10.5 Å². The molecule has 0 bridgehead atoms. The molecule has 0 aliphatic heterocycles. The number of hydrogen-bond acceptors (Lipinski definition) is 3. The number of halogens is 1. The predicted molar refractivity (Wildman–Crippen MR) is 71.3 cm³/mol. The van der Waals surface area contributed by atoms with Crippen molar-refractivity contribution < 1.29 is 9.53 Å². The number of hydrogen-bond donors (Lipinski definition) is 2. The second-order valence-corrected chi connectivity index (χ2v) is 4.68. The van der Waals surface area contributed by atoms with E-state index in [0.717, 1.165) is 6.61 Å². The minimum atomic E-state index is -0.561. The van der Waals surface area contributed by atoms with Gasteiger partial charge in [0.15, 0.2) is 0 Å². The molecule has 0 saturated heterocycles. The molecule has 0 aromatic heterocycles. The molecule has 1 rings (SSSR count). The number of nitrogens with one attached hydrogen (secondary N) is 1. The van der Waals surface area contributed by atoms with E-state index < -0.39 is 6.04 Å². The van der Waals surface area contributed by atoms with E-state index >= 15 is 0 Å². The summed E-state index contributed by atoms with van der Waals surface area (Å²) in [6.07, 6.45) is 6.27. The lowest BCUT2D eigenvalue weighted by Gasteiger charge is -2.25. The van der Waals surface area contributed by atoms with Gasteiger partial charge >= 0.3 is 0 Å². The lowest BCUT2D eigenvalue weighted by molar-refractivity contribution is -0.125. The van der Waals surface area contributed by atoms with Gasteiger partial charge in [0.25, 0.3) is 0 Å². The van der Waals surface area contributed by atoms with Crippen LogP contribution in [0.2, 0.25) is 0 Å². The number of carbonyl (C=O) groups excluding carboxylic acids is 1. The molecule has 5 heteroatoms. The van der Waals surface area contributed by atoms with E-state index in [-0.39, 0.29) is 24.4 Å². The Hall–Kier alpha value is -0.320. The van der Waals surface area contributed by atoms with Crippen LogP contribution in [0.5, 0.6) is 0 Å². The van der Waals surface area contributed by atoms with Crippen molar-refractivity contribution in [1.29, 1.82) is 0 Å². The number of nitrogens with two attached hydrogens (primary N) is 1. The van der Waals surface area contributed by atoms with E-state index in [9.17, 15) is 4.79 Å². The van der Waals surface area contributed by atoms with Crippen molar-refractivity contribution in [3.05, 3.63) is 0 Å². The normalized spacial score (nSPS) is 20.2. The van der Waals surface area contributed by atoms with Crippen LogP contribution in [0.4, 0.5) is 0 Å². The van der Waals surface area contributed by atoms with Gasteiger partial charge in [0.2, 0.25) is 5.91 Å². The third-order valence-electron chi connectivity index (χ3n) is 3.37. The zero-order chi connectivity index (χ0) is 12.0. The molecule has 1 fully saturated rings. The fraction of sp³-hybridized carbons (Fsp3) is 0.917. The van der Waals surface area contributed by atoms with Crippen molar-refractivity contribution in [1.82, 2.24) is 5.32 Å². The molecule has 0 aromatic carbocycles. The molecule has 17 heavy (non-hydrogen) atoms. The highest BCUT2D eigenvalue weighted by molar-refractivity contribution is 5.85. The first kappa shape index (κ1) is 16.7. The molecule has 1 amide bonds. The third kappa shape index (κ3) is 5.70. The Balaban J connectivity index is 0.00000256. The highest BCUT2D eigenvalue weighted by Crippen LogP contribution is 2.24. The minimum absolute atomic E-state index is 0. The van der Waals surface area contributed by atoms with Gasteiger partial charge in [-0.15, -0.1) is 12.4 Å². The third-order valence-corrected chi connectivity index (χ3v) is 3.37. The van der Waals surface area contributed by atoms with Crippen LogP contribution in [0, 0.1) is 5.92 Å². The first-order valence-electron chi connectivity index (χ1n) is 6.24. The van der Waals surface area contributed by atoms with Gasteiger partial charge in [-0.1, -0.05) is 19.3 Å². The van der Waals surface area contributed by atoms with Crippen LogP contribution in [-0.2, 0) is 9.53 Å². The summed E-state index contributed by atoms with van der Waals surface area (Å²) in [5.41, 5.74) is 5.75. The van der Waals surface area contributed by atoms with Crippen LogP contribution in [-0.4, -0.2) is 31.7 Å². The molecule has 0 heterocycles. The topological polar surface area (TPSA) is 64.4 Å². The second kappa shape index (κ2) is 8.72. The van der Waals surface area contributed by atoms with Crippen molar-refractivity contribution in [3.8, 4) is 0 Å². The first-order valence-corrected chi connectivity index (χ1v) is 6.24. The monoisotopic (exact) mass is 264 g/mol. The summed E-state index contributed by atoms with van der Waals surface area (Å²) in [6.45, 7) is 2.61. The van der Waals surface area contributed by atoms with E-state index in [1.807, 2.05) is 6.92 Å². The molecule has 4 nitrogen and oxygen atoms in total. The summed E-state index contributed by atoms with van der Waals surface area (Å²) in [6, 6.07) is -0.561. The molecule has 1 saturated carbocycles. The fourth-order valence-electron chi connectivity index (χ4n) is 2.13. The maximum absolute atomic E-state index is 11.3. The van der Waals surface area contributed by atoms with Crippen molar-refractivity contribution >= 4 is 18.3 Å². The molecular formula is C12H25ClN2O2. The van der Waals surface area contributed by atoms with Crippen LogP contribution in [0.1, 0.15) is 39.0 Å². The molecule has 0 aromatic rings. The number of amides is 1. The van der Waals surface area contributed by atoms with Crippen molar-refractivity contribution in [2.24, 2.45) is 11.7 Å². The Labute approximate surface area is 110 Å². The van der Waals surface area contributed by atoms with Crippen molar-refractivity contribution in [2.45, 2.75) is 51.2 Å². The van der Waals surface area contributed by atoms with Gasteiger partial charge < -0.3 is 15.8 Å². The summed E-state index contributed by atoms with van der Waals surface area (Å²) in [5, 5.41) is 2.54. The second-order valence-electron chi connectivity index (χ2n) is 4.68. The van der Waals surface area contributed by atoms with Gasteiger partial charge in [-0.3, -0.25) is 4.79 Å². The Morgan fingerprint density at radius 1 is 1.41 bits per heavy atom. The van der Waals surface area contributed by atoms with Crippen molar-refractivity contribution in [3.63, 3.8) is 0 Å². The number of rotatable bonds is 5. The molecule has 3 N–H and O–H groups in total. The maximum atomic E-state index is 11.3. The van der Waals surface area contributed by atoms with Crippen LogP contribution in [0.3, 0.4) is 0 Å². The highest BCUT2D eigenvalue weighted by atomic mass is 35.5. The van der Waals surface area contributed by atoms with Crippen LogP contribution >= 0.6 is 12.4 Å². The number of carbonyl (C=O) groups is 1. The van der Waals surface area contributed by atoms with Crippen LogP contribution < -0.4 is 11.1 Å². The van der Waals surface area contributed by atoms with Gasteiger partial charge in [0.1, 0.15) is 6.04 Å². The van der Waals surface area contributed by atoms with Gasteiger partial charge in [-0.05, 0) is 25.7 Å². The van der Waals surface area contributed by atoms with Crippen LogP contribution in [0.25, 0.3) is 0 Å². The molecule has 2 atom stereocenters. The summed E-state index contributed by atoms with van der Waals surface area (Å²) in [4.78, 5) is 11.3. The van der Waals surface area contributed by atoms with Crippen molar-refractivity contribution in [2.75, 3.05) is 13.7 Å². The summed E-state index contributed by atoms with van der Waals surface area (Å²) in [7, 11) is 1.59. The molecule has 1 aliphatic rings. The predicted octanol–water partition coefficient (Wildman–Crippen LogP) is 1.47. The SMILES string of the molecule is CNC(=O)[C@@H](N)[C@@H](C)OCC1CCCCC1.Cl. The Bertz CT molecular complexity index is 221. The minimum Gasteiger partial charge on any atom is -0.376 e. The molecule has 1 aliphatic carbocycles. The molecule has 0 unspecified atom stereocenters. The smallest absolute Gasteiger partial charge is 0.239 e. The van der Waals surface area contributed by atoms with Crippen LogP contribution in [0.15, 0.2) is 0 Å². The highest BCUT2D eigenvalue weighted by Gasteiger charge is 2.22. The maximum Gasteiger partial charge on any atom is 0.239 e. The summed E-state index contributed by atoms with van der Waals surface area (Å²) in [5.74, 6) is 0.504. The number of likely N-dealkylation sites (N-methyl/N-ethyl adjacent to an activating group) is 1. The van der Waals surface area contributed by atoms with E-state index in [0.29, 0.717) is 5.92 Å². The number of ether oxygens (including phenoxy) is 1. The molecular weight excluding hydrogens is 240 g/mol. The van der Waals surface area contributed by atoms with Gasteiger partial charge in [0, 0.05) is 13.7 Å².